The van der Waals surface area contributed by atoms with Gasteiger partial charge in [0.25, 0.3) is 0 Å². The van der Waals surface area contributed by atoms with E-state index in [1.54, 1.807) is 33.8 Å². The molecule has 1 rings (SSSR count). The second kappa shape index (κ2) is 13.4. The van der Waals surface area contributed by atoms with Crippen LogP contribution in [-0.4, -0.2) is 71.7 Å². The third kappa shape index (κ3) is 9.05. The van der Waals surface area contributed by atoms with Gasteiger partial charge < -0.3 is 24.3 Å². The van der Waals surface area contributed by atoms with Crippen molar-refractivity contribution in [2.75, 3.05) is 27.4 Å². The molecule has 1 aromatic rings. The molecule has 34 heavy (non-hydrogen) atoms. The summed E-state index contributed by atoms with van der Waals surface area (Å²) in [6.45, 7) is 8.79. The summed E-state index contributed by atoms with van der Waals surface area (Å²) in [6.07, 6.45) is -0.104. The minimum absolute atomic E-state index is 0.124. The van der Waals surface area contributed by atoms with E-state index in [4.69, 9.17) is 9.47 Å². The standard InChI is InChI=1S/C22H33NO9S2/c1-8-31-18(24)16-11-13(2)15(33-16)10-9-14(12-23-21(27)32-22(3,4)5)34(28)17(19(25)29-6)20(26)30-7/h11,14,17H,8-10,12H2,1-7H3,(H,23,27). The van der Waals surface area contributed by atoms with Crippen LogP contribution >= 0.6 is 11.3 Å². The highest BCUT2D eigenvalue weighted by Gasteiger charge is 2.39. The Hall–Kier alpha value is -2.47. The van der Waals surface area contributed by atoms with Gasteiger partial charge in [-0.25, -0.2) is 9.59 Å². The molecular weight excluding hydrogens is 486 g/mol. The van der Waals surface area contributed by atoms with Crippen molar-refractivity contribution in [2.24, 2.45) is 0 Å². The number of carbonyl (C=O) groups excluding carboxylic acids is 4. The Bertz CT molecular complexity index is 889. The Morgan fingerprint density at radius 3 is 2.21 bits per heavy atom. The van der Waals surface area contributed by atoms with E-state index in [1.807, 2.05) is 6.92 Å². The van der Waals surface area contributed by atoms with E-state index in [1.165, 1.54) is 11.3 Å². The molecule has 0 radical (unpaired) electrons. The molecule has 0 bridgehead atoms. The first kappa shape index (κ1) is 29.6. The van der Waals surface area contributed by atoms with Crippen LogP contribution in [0.3, 0.4) is 0 Å². The van der Waals surface area contributed by atoms with Crippen LogP contribution < -0.4 is 5.32 Å². The van der Waals surface area contributed by atoms with Crippen LogP contribution in [0, 0.1) is 6.92 Å². The second-order valence-corrected chi connectivity index (χ2v) is 11.2. The van der Waals surface area contributed by atoms with Crippen molar-refractivity contribution in [3.63, 3.8) is 0 Å². The van der Waals surface area contributed by atoms with Crippen LogP contribution in [0.4, 0.5) is 4.79 Å². The second-order valence-electron chi connectivity index (χ2n) is 8.24. The summed E-state index contributed by atoms with van der Waals surface area (Å²) in [5, 5.41) is 0.0677. The summed E-state index contributed by atoms with van der Waals surface area (Å²) in [5.41, 5.74) is 0.117. The fourth-order valence-corrected chi connectivity index (χ4v) is 5.50. The van der Waals surface area contributed by atoms with Crippen molar-refractivity contribution in [3.8, 4) is 0 Å². The third-order valence-electron chi connectivity index (χ3n) is 4.45. The maximum Gasteiger partial charge on any atom is 0.407 e. The molecule has 10 nitrogen and oxygen atoms in total. The number of aryl methyl sites for hydroxylation is 2. The number of methoxy groups -OCH3 is 2. The van der Waals surface area contributed by atoms with Gasteiger partial charge >= 0.3 is 24.0 Å². The van der Waals surface area contributed by atoms with E-state index in [9.17, 15) is 23.4 Å². The first-order valence-corrected chi connectivity index (χ1v) is 12.7. The molecule has 1 heterocycles. The zero-order valence-electron chi connectivity index (χ0n) is 20.6. The molecule has 0 aliphatic carbocycles. The summed E-state index contributed by atoms with van der Waals surface area (Å²) in [7, 11) is 0.0707. The van der Waals surface area contributed by atoms with Crippen LogP contribution in [0.25, 0.3) is 0 Å². The SMILES string of the molecule is CCOC(=O)c1cc(C)c(CCC(CNC(=O)OC(C)(C)C)S(=O)C(C(=O)OC)C(=O)OC)s1. The lowest BCUT2D eigenvalue weighted by Gasteiger charge is -2.23. The van der Waals surface area contributed by atoms with E-state index in [0.29, 0.717) is 11.3 Å². The third-order valence-corrected chi connectivity index (χ3v) is 7.64. The van der Waals surface area contributed by atoms with E-state index in [2.05, 4.69) is 14.8 Å². The normalized spacial score (nSPS) is 13.1. The molecule has 192 valence electrons. The van der Waals surface area contributed by atoms with Crippen LogP contribution in [0.15, 0.2) is 6.07 Å². The summed E-state index contributed by atoms with van der Waals surface area (Å²) < 4.78 is 32.8. The predicted molar refractivity (Wildman–Crippen MR) is 127 cm³/mol. The van der Waals surface area contributed by atoms with E-state index >= 15 is 0 Å². The van der Waals surface area contributed by atoms with Crippen molar-refractivity contribution >= 4 is 46.1 Å². The predicted octanol–water partition coefficient (Wildman–Crippen LogP) is 2.52. The molecule has 1 amide bonds. The number of esters is 3. The van der Waals surface area contributed by atoms with Gasteiger partial charge in [-0.15, -0.1) is 11.3 Å². The number of rotatable bonds is 11. The molecule has 12 heteroatoms. The summed E-state index contributed by atoms with van der Waals surface area (Å²) in [4.78, 5) is 49.8. The molecule has 0 saturated carbocycles. The van der Waals surface area contributed by atoms with Crippen LogP contribution in [0.2, 0.25) is 0 Å². The fraction of sp³-hybridized carbons (Fsp3) is 0.636. The molecule has 2 unspecified atom stereocenters. The summed E-state index contributed by atoms with van der Waals surface area (Å²) in [5.74, 6) is -2.42. The van der Waals surface area contributed by atoms with Gasteiger partial charge in [-0.3, -0.25) is 13.8 Å². The van der Waals surface area contributed by atoms with Gasteiger partial charge in [-0.05, 0) is 59.1 Å². The lowest BCUT2D eigenvalue weighted by molar-refractivity contribution is -0.150. The molecule has 0 aliphatic rings. The number of carbonyl (C=O) groups is 4. The molecule has 0 saturated heterocycles. The minimum Gasteiger partial charge on any atom is -0.468 e. The monoisotopic (exact) mass is 519 g/mol. The van der Waals surface area contributed by atoms with Crippen molar-refractivity contribution in [1.29, 1.82) is 0 Å². The molecule has 0 spiro atoms. The maximum absolute atomic E-state index is 13.3. The Morgan fingerprint density at radius 1 is 1.12 bits per heavy atom. The van der Waals surface area contributed by atoms with Crippen molar-refractivity contribution < 1.29 is 42.3 Å². The largest absolute Gasteiger partial charge is 0.468 e. The summed E-state index contributed by atoms with van der Waals surface area (Å²) in [6, 6.07) is 1.72. The first-order valence-electron chi connectivity index (χ1n) is 10.6. The number of alkyl carbamates (subject to hydrolysis) is 1. The van der Waals surface area contributed by atoms with Gasteiger partial charge in [0, 0.05) is 11.4 Å². The maximum atomic E-state index is 13.3. The highest BCUT2D eigenvalue weighted by molar-refractivity contribution is 7.88. The minimum atomic E-state index is -2.09. The van der Waals surface area contributed by atoms with Gasteiger partial charge in [0.05, 0.1) is 36.9 Å². The number of amides is 1. The lowest BCUT2D eigenvalue weighted by atomic mass is 10.1. The number of hydrogen-bond acceptors (Lipinski definition) is 10. The highest BCUT2D eigenvalue weighted by Crippen LogP contribution is 2.25. The molecule has 2 atom stereocenters. The summed E-state index contributed by atoms with van der Waals surface area (Å²) >= 11 is 1.25. The van der Waals surface area contributed by atoms with Gasteiger partial charge in [0.2, 0.25) is 5.25 Å². The quantitative estimate of drug-likeness (QED) is 0.266. The number of ether oxygens (including phenoxy) is 4. The van der Waals surface area contributed by atoms with E-state index in [0.717, 1.165) is 24.7 Å². The van der Waals surface area contributed by atoms with E-state index < -0.39 is 50.9 Å². The van der Waals surface area contributed by atoms with Gasteiger partial charge in [-0.1, -0.05) is 0 Å². The van der Waals surface area contributed by atoms with Crippen LogP contribution in [0.5, 0.6) is 0 Å². The Labute approximate surface area is 206 Å². The van der Waals surface area contributed by atoms with E-state index in [-0.39, 0.29) is 19.6 Å². The Balaban J connectivity index is 3.10. The molecule has 1 aromatic heterocycles. The van der Waals surface area contributed by atoms with Crippen LogP contribution in [0.1, 0.15) is 54.2 Å². The zero-order valence-corrected chi connectivity index (χ0v) is 22.2. The Kier molecular flexibility index (Phi) is 11.7. The molecule has 0 aromatic carbocycles. The van der Waals surface area contributed by atoms with Gasteiger partial charge in [-0.2, -0.15) is 0 Å². The van der Waals surface area contributed by atoms with Gasteiger partial charge in [0.1, 0.15) is 10.5 Å². The van der Waals surface area contributed by atoms with Crippen LogP contribution in [-0.2, 0) is 45.8 Å². The number of thiophene rings is 1. The zero-order chi connectivity index (χ0) is 26.1. The Morgan fingerprint density at radius 2 is 1.71 bits per heavy atom. The number of nitrogens with one attached hydrogen (secondary N) is 1. The molecular formula is C22H33NO9S2. The first-order chi connectivity index (χ1) is 15.8. The number of hydrogen-bond donors (Lipinski definition) is 1. The lowest BCUT2D eigenvalue weighted by Crippen LogP contribution is -2.45. The van der Waals surface area contributed by atoms with Crippen molar-refractivity contribution in [1.82, 2.24) is 5.32 Å². The van der Waals surface area contributed by atoms with Crippen molar-refractivity contribution in [3.05, 3.63) is 21.4 Å². The average Bonchev–Trinajstić information content (AvgIpc) is 3.13. The average molecular weight is 520 g/mol. The van der Waals surface area contributed by atoms with Gasteiger partial charge in [0.15, 0.2) is 0 Å². The fourth-order valence-electron chi connectivity index (χ4n) is 2.87. The molecule has 0 aliphatic heterocycles. The molecule has 1 N–H and O–H groups in total. The topological polar surface area (TPSA) is 134 Å². The smallest absolute Gasteiger partial charge is 0.407 e. The molecule has 0 fully saturated rings. The highest BCUT2D eigenvalue weighted by atomic mass is 32.2. The van der Waals surface area contributed by atoms with Crippen molar-refractivity contribution in [2.45, 2.75) is 63.6 Å².